The maximum atomic E-state index is 4.04. The Morgan fingerprint density at radius 1 is 1.23 bits per heavy atom. The fourth-order valence-corrected chi connectivity index (χ4v) is 1.12. The molecule has 0 aromatic rings. The highest BCUT2D eigenvalue weighted by molar-refractivity contribution is 5.20. The monoisotopic (exact) mass is 178 g/mol. The lowest BCUT2D eigenvalue weighted by atomic mass is 9.93. The molecule has 0 rings (SSSR count). The van der Waals surface area contributed by atoms with E-state index in [0.717, 1.165) is 5.92 Å². The summed E-state index contributed by atoms with van der Waals surface area (Å²) in [5, 5.41) is 0. The van der Waals surface area contributed by atoms with E-state index in [1.165, 1.54) is 18.4 Å². The molecule has 0 aliphatic carbocycles. The van der Waals surface area contributed by atoms with Crippen LogP contribution in [-0.4, -0.2) is 0 Å². The van der Waals surface area contributed by atoms with Gasteiger partial charge in [-0.3, -0.25) is 0 Å². The molecule has 0 heteroatoms. The van der Waals surface area contributed by atoms with Gasteiger partial charge in [0, 0.05) is 0 Å². The van der Waals surface area contributed by atoms with Gasteiger partial charge in [0.2, 0.25) is 0 Å². The lowest BCUT2D eigenvalue weighted by Gasteiger charge is -2.12. The number of hydrogen-bond donors (Lipinski definition) is 0. The predicted octanol–water partition coefficient (Wildman–Crippen LogP) is 4.36. The second-order valence-electron chi connectivity index (χ2n) is 4.04. The molecule has 0 saturated carbocycles. The zero-order chi connectivity index (χ0) is 10.3. The van der Waals surface area contributed by atoms with E-state index in [2.05, 4.69) is 40.0 Å². The fraction of sp³-hybridized carbons (Fsp3) is 0.538. The molecule has 0 fully saturated rings. The molecule has 0 saturated heterocycles. The van der Waals surface area contributed by atoms with E-state index >= 15 is 0 Å². The molecule has 0 amide bonds. The standard InChI is InChI=1S/C13H22/c1-6-7-8-12(4)13(5)10-9-11(2)3/h6-8,11,13H,1,4,9-10H2,2-3,5H3/b8-7-. The number of hydrogen-bond acceptors (Lipinski definition) is 0. The number of rotatable bonds is 6. The van der Waals surface area contributed by atoms with Crippen LogP contribution in [0.1, 0.15) is 33.6 Å². The van der Waals surface area contributed by atoms with E-state index in [1.54, 1.807) is 6.08 Å². The molecule has 0 aromatic carbocycles. The highest BCUT2D eigenvalue weighted by atomic mass is 14.1. The topological polar surface area (TPSA) is 0 Å². The van der Waals surface area contributed by atoms with Gasteiger partial charge in [0.25, 0.3) is 0 Å². The van der Waals surface area contributed by atoms with Crippen LogP contribution in [0.5, 0.6) is 0 Å². The third-order valence-corrected chi connectivity index (χ3v) is 2.26. The van der Waals surface area contributed by atoms with E-state index < -0.39 is 0 Å². The summed E-state index contributed by atoms with van der Waals surface area (Å²) in [6.45, 7) is 14.4. The van der Waals surface area contributed by atoms with Crippen molar-refractivity contribution in [2.45, 2.75) is 33.6 Å². The summed E-state index contributed by atoms with van der Waals surface area (Å²) in [7, 11) is 0. The Hall–Kier alpha value is -0.780. The fourth-order valence-electron chi connectivity index (χ4n) is 1.12. The smallest absolute Gasteiger partial charge is 0.0196 e. The molecule has 0 N–H and O–H groups in total. The van der Waals surface area contributed by atoms with Gasteiger partial charge in [-0.25, -0.2) is 0 Å². The molecule has 1 atom stereocenters. The lowest BCUT2D eigenvalue weighted by Crippen LogP contribution is -1.98. The Morgan fingerprint density at radius 2 is 1.85 bits per heavy atom. The maximum absolute atomic E-state index is 4.04. The van der Waals surface area contributed by atoms with E-state index in [4.69, 9.17) is 0 Å². The molecule has 0 aliphatic rings. The molecule has 13 heavy (non-hydrogen) atoms. The molecule has 0 aliphatic heterocycles. The van der Waals surface area contributed by atoms with Crippen LogP contribution in [0, 0.1) is 11.8 Å². The Morgan fingerprint density at radius 3 is 2.31 bits per heavy atom. The van der Waals surface area contributed by atoms with E-state index in [0.29, 0.717) is 5.92 Å². The van der Waals surface area contributed by atoms with Crippen molar-refractivity contribution in [3.8, 4) is 0 Å². The van der Waals surface area contributed by atoms with Crippen LogP contribution in [0.4, 0.5) is 0 Å². The van der Waals surface area contributed by atoms with Crippen LogP contribution < -0.4 is 0 Å². The third kappa shape index (κ3) is 6.39. The largest absolute Gasteiger partial charge is 0.0991 e. The van der Waals surface area contributed by atoms with Crippen molar-refractivity contribution >= 4 is 0 Å². The summed E-state index contributed by atoms with van der Waals surface area (Å²) in [5.41, 5.74) is 1.21. The van der Waals surface area contributed by atoms with Gasteiger partial charge in [0.1, 0.15) is 0 Å². The van der Waals surface area contributed by atoms with Crippen LogP contribution in [0.15, 0.2) is 37.0 Å². The SMILES string of the molecule is C=C/C=C\C(=C)C(C)CCC(C)C. The first kappa shape index (κ1) is 12.2. The van der Waals surface area contributed by atoms with E-state index in [9.17, 15) is 0 Å². The Bertz CT molecular complexity index is 184. The van der Waals surface area contributed by atoms with Crippen molar-refractivity contribution in [1.29, 1.82) is 0 Å². The van der Waals surface area contributed by atoms with Crippen molar-refractivity contribution in [2.24, 2.45) is 11.8 Å². The summed E-state index contributed by atoms with van der Waals surface area (Å²) < 4.78 is 0. The first-order valence-corrected chi connectivity index (χ1v) is 5.05. The average molecular weight is 178 g/mol. The van der Waals surface area contributed by atoms with Gasteiger partial charge < -0.3 is 0 Å². The Kier molecular flexibility index (Phi) is 6.30. The molecule has 0 nitrogen and oxygen atoms in total. The molecule has 0 radical (unpaired) electrons. The number of allylic oxidation sites excluding steroid dienone is 4. The molecular weight excluding hydrogens is 156 g/mol. The predicted molar refractivity (Wildman–Crippen MR) is 61.7 cm³/mol. The average Bonchev–Trinajstić information content (AvgIpc) is 2.10. The molecule has 0 bridgehead atoms. The van der Waals surface area contributed by atoms with Crippen molar-refractivity contribution < 1.29 is 0 Å². The van der Waals surface area contributed by atoms with Crippen molar-refractivity contribution in [2.75, 3.05) is 0 Å². The van der Waals surface area contributed by atoms with Crippen LogP contribution >= 0.6 is 0 Å². The van der Waals surface area contributed by atoms with Gasteiger partial charge in [0.05, 0.1) is 0 Å². The summed E-state index contributed by atoms with van der Waals surface area (Å²) >= 11 is 0. The van der Waals surface area contributed by atoms with Gasteiger partial charge in [-0.15, -0.1) is 0 Å². The van der Waals surface area contributed by atoms with Crippen LogP contribution in [-0.2, 0) is 0 Å². The highest BCUT2D eigenvalue weighted by Crippen LogP contribution is 2.18. The van der Waals surface area contributed by atoms with Gasteiger partial charge in [-0.2, -0.15) is 0 Å². The van der Waals surface area contributed by atoms with Gasteiger partial charge in [-0.1, -0.05) is 64.2 Å². The second kappa shape index (κ2) is 6.71. The lowest BCUT2D eigenvalue weighted by molar-refractivity contribution is 0.494. The zero-order valence-electron chi connectivity index (χ0n) is 9.22. The molecule has 0 aromatic heterocycles. The second-order valence-corrected chi connectivity index (χ2v) is 4.04. The van der Waals surface area contributed by atoms with Gasteiger partial charge in [-0.05, 0) is 18.3 Å². The molecule has 1 unspecified atom stereocenters. The normalized spacial score (nSPS) is 13.5. The maximum Gasteiger partial charge on any atom is -0.0196 e. The summed E-state index contributed by atoms with van der Waals surface area (Å²) in [6, 6.07) is 0. The minimum atomic E-state index is 0.596. The minimum Gasteiger partial charge on any atom is -0.0991 e. The van der Waals surface area contributed by atoms with Gasteiger partial charge >= 0.3 is 0 Å². The van der Waals surface area contributed by atoms with E-state index in [-0.39, 0.29) is 0 Å². The van der Waals surface area contributed by atoms with Crippen LogP contribution in [0.2, 0.25) is 0 Å². The Balaban J connectivity index is 3.82. The molecule has 0 heterocycles. The van der Waals surface area contributed by atoms with Crippen molar-refractivity contribution in [3.63, 3.8) is 0 Å². The summed E-state index contributed by atoms with van der Waals surface area (Å²) in [5.74, 6) is 1.39. The molecule has 0 spiro atoms. The zero-order valence-corrected chi connectivity index (χ0v) is 9.22. The highest BCUT2D eigenvalue weighted by Gasteiger charge is 2.04. The molecule has 74 valence electrons. The van der Waals surface area contributed by atoms with Crippen LogP contribution in [0.3, 0.4) is 0 Å². The van der Waals surface area contributed by atoms with E-state index in [1.807, 2.05) is 6.08 Å². The summed E-state index contributed by atoms with van der Waals surface area (Å²) in [4.78, 5) is 0. The first-order valence-electron chi connectivity index (χ1n) is 5.05. The van der Waals surface area contributed by atoms with Crippen molar-refractivity contribution in [1.82, 2.24) is 0 Å². The first-order chi connectivity index (χ1) is 6.07. The minimum absolute atomic E-state index is 0.596. The third-order valence-electron chi connectivity index (χ3n) is 2.26. The molecular formula is C13H22. The van der Waals surface area contributed by atoms with Gasteiger partial charge in [0.15, 0.2) is 0 Å². The van der Waals surface area contributed by atoms with Crippen LogP contribution in [0.25, 0.3) is 0 Å². The van der Waals surface area contributed by atoms with Crippen molar-refractivity contribution in [3.05, 3.63) is 37.0 Å². The quantitative estimate of drug-likeness (QED) is 0.530. The summed E-state index contributed by atoms with van der Waals surface area (Å²) in [6.07, 6.45) is 8.31. The Labute approximate surface area is 83.0 Å².